The monoisotopic (exact) mass is 665 g/mol. The fourth-order valence-corrected chi connectivity index (χ4v) is 6.71. The van der Waals surface area contributed by atoms with Crippen LogP contribution >= 0.6 is 11.6 Å². The van der Waals surface area contributed by atoms with E-state index in [4.69, 9.17) is 26.2 Å². The van der Waals surface area contributed by atoms with Gasteiger partial charge < -0.3 is 39.7 Å². The number of halogens is 2. The second kappa shape index (κ2) is 16.0. The van der Waals surface area contributed by atoms with E-state index in [9.17, 15) is 24.5 Å². The lowest BCUT2D eigenvalue weighted by Crippen LogP contribution is -2.56. The average Bonchev–Trinajstić information content (AvgIpc) is 3.47. The maximum Gasteiger partial charge on any atom is 0.227 e. The molecule has 4 N–H and O–H groups in total. The number of hydrogen-bond donors (Lipinski definition) is 4. The highest BCUT2D eigenvalue weighted by atomic mass is 35.5. The molecule has 46 heavy (non-hydrogen) atoms. The van der Waals surface area contributed by atoms with Crippen LogP contribution in [0.1, 0.15) is 37.7 Å². The van der Waals surface area contributed by atoms with Crippen LogP contribution in [-0.2, 0) is 16.0 Å². The van der Waals surface area contributed by atoms with Crippen molar-refractivity contribution in [3.8, 4) is 5.75 Å². The summed E-state index contributed by atoms with van der Waals surface area (Å²) in [6.07, 6.45) is 3.61. The highest BCUT2D eigenvalue weighted by molar-refractivity contribution is 6.30. The summed E-state index contributed by atoms with van der Waals surface area (Å²) in [6.45, 7) is 3.90. The Morgan fingerprint density at radius 3 is 2.59 bits per heavy atom. The van der Waals surface area contributed by atoms with Crippen LogP contribution in [0, 0.1) is 11.7 Å². The molecule has 254 valence electrons. The van der Waals surface area contributed by atoms with Crippen LogP contribution in [0.2, 0.25) is 5.02 Å². The third-order valence-corrected chi connectivity index (χ3v) is 9.51. The highest BCUT2D eigenvalue weighted by Gasteiger charge is 2.44. The van der Waals surface area contributed by atoms with Gasteiger partial charge in [-0.15, -0.1) is 0 Å². The molecule has 4 atom stereocenters. The van der Waals surface area contributed by atoms with Gasteiger partial charge in [-0.1, -0.05) is 17.7 Å². The van der Waals surface area contributed by atoms with Crippen LogP contribution in [0.5, 0.6) is 5.75 Å². The van der Waals surface area contributed by atoms with E-state index in [1.807, 2.05) is 4.90 Å². The summed E-state index contributed by atoms with van der Waals surface area (Å²) in [5.41, 5.74) is -0.313. The normalized spacial score (nSPS) is 23.1. The number of carbonyl (C=O) groups is 1. The Kier molecular flexibility index (Phi) is 12.0. The number of piperidine rings is 1. The largest absolute Gasteiger partial charge is 0.493 e. The summed E-state index contributed by atoms with van der Waals surface area (Å²) < 4.78 is 26.9. The number of morpholine rings is 1. The first-order valence-electron chi connectivity index (χ1n) is 16.1. The Labute approximate surface area is 273 Å². The van der Waals surface area contributed by atoms with Crippen molar-refractivity contribution in [3.63, 3.8) is 0 Å². The molecule has 4 heterocycles. The summed E-state index contributed by atoms with van der Waals surface area (Å²) in [5.74, 6) is 1.07. The van der Waals surface area contributed by atoms with Crippen molar-refractivity contribution in [2.24, 2.45) is 5.92 Å². The van der Waals surface area contributed by atoms with Crippen molar-refractivity contribution in [1.29, 1.82) is 0 Å². The van der Waals surface area contributed by atoms with Gasteiger partial charge in [0.1, 0.15) is 29.4 Å². The van der Waals surface area contributed by atoms with E-state index < -0.39 is 36.3 Å². The van der Waals surface area contributed by atoms with E-state index >= 15 is 0 Å². The number of likely N-dealkylation sites (tertiary alicyclic amines) is 1. The van der Waals surface area contributed by atoms with E-state index in [0.717, 1.165) is 38.8 Å². The topological polar surface area (TPSA) is 152 Å². The maximum absolute atomic E-state index is 15.0. The molecule has 3 fully saturated rings. The molecule has 0 aliphatic carbocycles. The minimum Gasteiger partial charge on any atom is -0.493 e. The molecule has 0 radical (unpaired) electrons. The van der Waals surface area contributed by atoms with Gasteiger partial charge >= 0.3 is 0 Å². The van der Waals surface area contributed by atoms with Gasteiger partial charge in [0.25, 0.3) is 0 Å². The number of rotatable bonds is 13. The van der Waals surface area contributed by atoms with Gasteiger partial charge in [-0.2, -0.15) is 0 Å². The highest BCUT2D eigenvalue weighted by Crippen LogP contribution is 2.31. The molecule has 1 aromatic carbocycles. The molecule has 1 aromatic heterocycles. The quantitative estimate of drug-likeness (QED) is 0.229. The third-order valence-electron chi connectivity index (χ3n) is 9.31. The van der Waals surface area contributed by atoms with Crippen LogP contribution in [0.4, 0.5) is 10.3 Å². The summed E-state index contributed by atoms with van der Waals surface area (Å²) in [6, 6.07) is 4.65. The van der Waals surface area contributed by atoms with Crippen molar-refractivity contribution in [3.05, 3.63) is 47.0 Å². The Morgan fingerprint density at radius 2 is 1.87 bits per heavy atom. The molecule has 1 spiro atoms. The average molecular weight is 666 g/mol. The zero-order valence-electron chi connectivity index (χ0n) is 26.0. The second-order valence-corrected chi connectivity index (χ2v) is 13.1. The van der Waals surface area contributed by atoms with Gasteiger partial charge in [0, 0.05) is 45.3 Å². The van der Waals surface area contributed by atoms with E-state index in [1.165, 1.54) is 6.07 Å². The van der Waals surface area contributed by atoms with Crippen LogP contribution in [0.15, 0.2) is 30.6 Å². The number of amides is 1. The molecule has 3 aliphatic heterocycles. The lowest BCUT2D eigenvalue weighted by Gasteiger charge is -2.41. The predicted molar refractivity (Wildman–Crippen MR) is 168 cm³/mol. The molecule has 3 saturated heterocycles. The van der Waals surface area contributed by atoms with Gasteiger partial charge in [0.15, 0.2) is 0 Å². The summed E-state index contributed by atoms with van der Waals surface area (Å²) in [5, 5.41) is 39.5. The number of aliphatic hydroxyl groups is 4. The molecule has 2 aromatic rings. The van der Waals surface area contributed by atoms with Crippen LogP contribution < -0.4 is 9.64 Å². The Hall–Kier alpha value is -2.65. The smallest absolute Gasteiger partial charge is 0.227 e. The number of carbonyl (C=O) groups excluding carboxylic acids is 1. The predicted octanol–water partition coefficient (Wildman–Crippen LogP) is 1.27. The third kappa shape index (κ3) is 9.03. The van der Waals surface area contributed by atoms with E-state index in [2.05, 4.69) is 14.9 Å². The minimum absolute atomic E-state index is 0.0738. The Balaban J connectivity index is 1.02. The van der Waals surface area contributed by atoms with Crippen molar-refractivity contribution in [2.75, 3.05) is 70.5 Å². The molecule has 3 aliphatic rings. The molecule has 1 amide bonds. The lowest BCUT2D eigenvalue weighted by molar-refractivity contribution is -0.137. The first-order valence-corrected chi connectivity index (χ1v) is 16.5. The fourth-order valence-electron chi connectivity index (χ4n) is 6.61. The standard InChI is InChI=1S/C32H45ClFN5O7/c33-24-16-35-31(36-17-24)38-8-5-22(6-9-38)2-1-12-45-25-4-3-23(26(34)15-25)14-29(43)39-10-7-32(21-39)20-37(11-13-46-32)18-27(41)30(44)28(42)19-40/h3-4,15-17,22,27-28,30,40-42,44H,1-2,5-14,18-21H2/t27-,28+,30-,32?/m0/s1. The van der Waals surface area contributed by atoms with Gasteiger partial charge in [0.2, 0.25) is 11.9 Å². The molecule has 1 unspecified atom stereocenters. The van der Waals surface area contributed by atoms with E-state index in [0.29, 0.717) is 74.0 Å². The molecule has 0 saturated carbocycles. The first kappa shape index (κ1) is 34.7. The Morgan fingerprint density at radius 1 is 1.11 bits per heavy atom. The molecule has 5 rings (SSSR count). The number of ether oxygens (including phenoxy) is 2. The number of β-amino-alcohol motifs (C(OH)–C–C–N with tert-alkyl or cyclic N) is 1. The zero-order chi connectivity index (χ0) is 32.7. The molecule has 14 heteroatoms. The fraction of sp³-hybridized carbons (Fsp3) is 0.656. The summed E-state index contributed by atoms with van der Waals surface area (Å²) >= 11 is 5.89. The van der Waals surface area contributed by atoms with Crippen LogP contribution in [0.3, 0.4) is 0 Å². The summed E-state index contributed by atoms with van der Waals surface area (Å²) in [4.78, 5) is 27.5. The maximum atomic E-state index is 15.0. The van der Waals surface area contributed by atoms with E-state index in [-0.39, 0.29) is 18.9 Å². The molecular formula is C32H45ClFN5O7. The molecular weight excluding hydrogens is 621 g/mol. The SMILES string of the molecule is O=C(Cc1ccc(OCCCC2CCN(c3ncc(Cl)cn3)CC2)cc1F)N1CCC2(CN(C[C@H](O)[C@H](O)[C@H](O)CO)CCO2)C1. The number of nitrogens with zero attached hydrogens (tertiary/aromatic N) is 5. The number of aliphatic hydroxyl groups excluding tert-OH is 4. The minimum atomic E-state index is -1.47. The number of benzene rings is 1. The van der Waals surface area contributed by atoms with E-state index in [1.54, 1.807) is 29.4 Å². The van der Waals surface area contributed by atoms with Gasteiger partial charge in [-0.05, 0) is 49.7 Å². The van der Waals surface area contributed by atoms with Gasteiger partial charge in [-0.3, -0.25) is 9.69 Å². The van der Waals surface area contributed by atoms with Crippen molar-refractivity contribution in [2.45, 2.75) is 62.4 Å². The first-order chi connectivity index (χ1) is 22.1. The zero-order valence-corrected chi connectivity index (χ0v) is 26.8. The van der Waals surface area contributed by atoms with Crippen molar-refractivity contribution < 1.29 is 39.1 Å². The second-order valence-electron chi connectivity index (χ2n) is 12.7. The Bertz CT molecular complexity index is 1290. The van der Waals surface area contributed by atoms with Crippen molar-refractivity contribution in [1.82, 2.24) is 19.8 Å². The summed E-state index contributed by atoms with van der Waals surface area (Å²) in [7, 11) is 0. The number of hydrogen-bond acceptors (Lipinski definition) is 11. The van der Waals surface area contributed by atoms with Crippen LogP contribution in [0.25, 0.3) is 0 Å². The molecule has 0 bridgehead atoms. The van der Waals surface area contributed by atoms with Crippen LogP contribution in [-0.4, -0.2) is 136 Å². The number of anilines is 1. The van der Waals surface area contributed by atoms with Gasteiger partial charge in [0.05, 0.1) is 56.3 Å². The lowest BCUT2D eigenvalue weighted by atomic mass is 9.92. The van der Waals surface area contributed by atoms with Crippen molar-refractivity contribution >= 4 is 23.5 Å². The molecule has 12 nitrogen and oxygen atoms in total. The van der Waals surface area contributed by atoms with Gasteiger partial charge in [-0.25, -0.2) is 14.4 Å². The number of aromatic nitrogens is 2.